The summed E-state index contributed by atoms with van der Waals surface area (Å²) in [5.41, 5.74) is 7.70. The van der Waals surface area contributed by atoms with Crippen LogP contribution < -0.4 is 11.1 Å². The van der Waals surface area contributed by atoms with Crippen molar-refractivity contribution in [1.29, 1.82) is 0 Å². The number of nitrogens with two attached hydrogens (primary N) is 1. The zero-order chi connectivity index (χ0) is 12.4. The van der Waals surface area contributed by atoms with Crippen LogP contribution in [-0.2, 0) is 0 Å². The predicted molar refractivity (Wildman–Crippen MR) is 68.1 cm³/mol. The molecule has 1 aliphatic carbocycles. The van der Waals surface area contributed by atoms with E-state index in [1.165, 1.54) is 6.92 Å². The summed E-state index contributed by atoms with van der Waals surface area (Å²) in [7, 11) is 0. The van der Waals surface area contributed by atoms with Gasteiger partial charge in [0.15, 0.2) is 5.78 Å². The summed E-state index contributed by atoms with van der Waals surface area (Å²) in [6, 6.07) is 5.40. The van der Waals surface area contributed by atoms with E-state index in [1.807, 2.05) is 6.07 Å². The van der Waals surface area contributed by atoms with Crippen molar-refractivity contribution in [1.82, 2.24) is 0 Å². The topological polar surface area (TPSA) is 75.3 Å². The molecule has 17 heavy (non-hydrogen) atoms. The highest BCUT2D eigenvalue weighted by atomic mass is 16.3. The standard InChI is InChI=1S/C13H18N2O2/c1-8(16)12-6-10(2-3-13(12)14)15-7-9-4-11(17)5-9/h2-3,6,9,11,15,17H,4-5,7,14H2,1H3. The predicted octanol–water partition coefficient (Wildman–Crippen LogP) is 1.65. The number of carbonyl (C=O) groups is 1. The van der Waals surface area contributed by atoms with E-state index in [-0.39, 0.29) is 11.9 Å². The first-order chi connectivity index (χ1) is 8.06. The van der Waals surface area contributed by atoms with Gasteiger partial charge in [-0.15, -0.1) is 0 Å². The number of ketones is 1. The zero-order valence-corrected chi connectivity index (χ0v) is 9.94. The zero-order valence-electron chi connectivity index (χ0n) is 9.94. The minimum absolute atomic E-state index is 0.0229. The molecule has 0 spiro atoms. The van der Waals surface area contributed by atoms with Crippen LogP contribution in [-0.4, -0.2) is 23.5 Å². The largest absolute Gasteiger partial charge is 0.398 e. The van der Waals surface area contributed by atoms with Crippen molar-refractivity contribution in [3.05, 3.63) is 23.8 Å². The number of carbonyl (C=O) groups excluding carboxylic acids is 1. The number of aliphatic hydroxyl groups is 1. The third-order valence-corrected chi connectivity index (χ3v) is 3.24. The molecular weight excluding hydrogens is 216 g/mol. The fourth-order valence-corrected chi connectivity index (χ4v) is 2.10. The summed E-state index contributed by atoms with van der Waals surface area (Å²) in [6.07, 6.45) is 1.60. The van der Waals surface area contributed by atoms with Gasteiger partial charge < -0.3 is 16.2 Å². The third-order valence-electron chi connectivity index (χ3n) is 3.24. The van der Waals surface area contributed by atoms with Crippen LogP contribution in [0.25, 0.3) is 0 Å². The Morgan fingerprint density at radius 3 is 2.82 bits per heavy atom. The van der Waals surface area contributed by atoms with E-state index in [0.717, 1.165) is 25.1 Å². The number of nitrogens with one attached hydrogen (secondary N) is 1. The molecule has 0 heterocycles. The third kappa shape index (κ3) is 2.77. The first-order valence-electron chi connectivity index (χ1n) is 5.88. The SMILES string of the molecule is CC(=O)c1cc(NCC2CC(O)C2)ccc1N. The van der Waals surface area contributed by atoms with E-state index < -0.39 is 0 Å². The molecule has 4 nitrogen and oxygen atoms in total. The number of hydrogen-bond donors (Lipinski definition) is 3. The van der Waals surface area contributed by atoms with Crippen molar-refractivity contribution in [3.63, 3.8) is 0 Å². The number of nitrogen functional groups attached to an aromatic ring is 1. The van der Waals surface area contributed by atoms with Crippen LogP contribution in [0.1, 0.15) is 30.1 Å². The van der Waals surface area contributed by atoms with E-state index in [2.05, 4.69) is 5.32 Å². The summed E-state index contributed by atoms with van der Waals surface area (Å²) in [6.45, 7) is 2.34. The van der Waals surface area contributed by atoms with Gasteiger partial charge in [0.05, 0.1) is 6.10 Å². The van der Waals surface area contributed by atoms with E-state index in [9.17, 15) is 9.90 Å². The van der Waals surface area contributed by atoms with Crippen molar-refractivity contribution in [2.75, 3.05) is 17.6 Å². The molecule has 0 aromatic heterocycles. The smallest absolute Gasteiger partial charge is 0.161 e. The highest BCUT2D eigenvalue weighted by Gasteiger charge is 2.26. The Labute approximate surface area is 101 Å². The molecule has 0 radical (unpaired) electrons. The normalized spacial score (nSPS) is 22.9. The lowest BCUT2D eigenvalue weighted by atomic mass is 9.82. The van der Waals surface area contributed by atoms with Gasteiger partial charge in [-0.25, -0.2) is 0 Å². The minimum Gasteiger partial charge on any atom is -0.398 e. The van der Waals surface area contributed by atoms with Gasteiger partial charge in [0.2, 0.25) is 0 Å². The Balaban J connectivity index is 1.97. The maximum atomic E-state index is 11.3. The number of Topliss-reactive ketones (excluding diaryl/α,β-unsaturated/α-hetero) is 1. The van der Waals surface area contributed by atoms with Gasteiger partial charge in [-0.3, -0.25) is 4.79 Å². The van der Waals surface area contributed by atoms with Gasteiger partial charge in [-0.05, 0) is 43.9 Å². The van der Waals surface area contributed by atoms with Crippen LogP contribution in [0.15, 0.2) is 18.2 Å². The molecule has 0 saturated heterocycles. The Morgan fingerprint density at radius 1 is 1.53 bits per heavy atom. The Morgan fingerprint density at radius 2 is 2.24 bits per heavy atom. The first kappa shape index (κ1) is 11.9. The van der Waals surface area contributed by atoms with Crippen molar-refractivity contribution >= 4 is 17.2 Å². The second kappa shape index (κ2) is 4.75. The monoisotopic (exact) mass is 234 g/mol. The maximum Gasteiger partial charge on any atom is 0.161 e. The molecule has 1 aromatic rings. The number of aliphatic hydroxyl groups excluding tert-OH is 1. The van der Waals surface area contributed by atoms with Crippen LogP contribution in [0, 0.1) is 5.92 Å². The molecule has 4 heteroatoms. The molecule has 0 bridgehead atoms. The quantitative estimate of drug-likeness (QED) is 0.547. The molecule has 0 atom stereocenters. The summed E-state index contributed by atoms with van der Waals surface area (Å²) in [4.78, 5) is 11.3. The summed E-state index contributed by atoms with van der Waals surface area (Å²) >= 11 is 0. The Kier molecular flexibility index (Phi) is 3.33. The highest BCUT2D eigenvalue weighted by molar-refractivity contribution is 5.99. The second-order valence-electron chi connectivity index (χ2n) is 4.73. The Hall–Kier alpha value is -1.55. The highest BCUT2D eigenvalue weighted by Crippen LogP contribution is 2.27. The number of rotatable bonds is 4. The lowest BCUT2D eigenvalue weighted by Crippen LogP contribution is -2.33. The number of hydrogen-bond acceptors (Lipinski definition) is 4. The molecule has 1 fully saturated rings. The van der Waals surface area contributed by atoms with Crippen LogP contribution in [0.5, 0.6) is 0 Å². The van der Waals surface area contributed by atoms with Crippen LogP contribution in [0.2, 0.25) is 0 Å². The van der Waals surface area contributed by atoms with Gasteiger partial charge in [0, 0.05) is 23.5 Å². The van der Waals surface area contributed by atoms with E-state index >= 15 is 0 Å². The van der Waals surface area contributed by atoms with Gasteiger partial charge >= 0.3 is 0 Å². The molecule has 1 aliphatic rings. The first-order valence-corrected chi connectivity index (χ1v) is 5.88. The molecule has 2 rings (SSSR count). The average Bonchev–Trinajstić information content (AvgIpc) is 2.24. The molecular formula is C13H18N2O2. The molecule has 0 amide bonds. The van der Waals surface area contributed by atoms with Crippen LogP contribution in [0.3, 0.4) is 0 Å². The van der Waals surface area contributed by atoms with Gasteiger partial charge in [-0.2, -0.15) is 0 Å². The molecule has 1 saturated carbocycles. The van der Waals surface area contributed by atoms with Gasteiger partial charge in [-0.1, -0.05) is 0 Å². The van der Waals surface area contributed by atoms with Crippen LogP contribution >= 0.6 is 0 Å². The molecule has 0 unspecified atom stereocenters. The summed E-state index contributed by atoms with van der Waals surface area (Å²) in [5.74, 6) is 0.508. The maximum absolute atomic E-state index is 11.3. The van der Waals surface area contributed by atoms with Crippen molar-refractivity contribution in [2.24, 2.45) is 5.92 Å². The van der Waals surface area contributed by atoms with Crippen molar-refractivity contribution < 1.29 is 9.90 Å². The van der Waals surface area contributed by atoms with Crippen molar-refractivity contribution in [2.45, 2.75) is 25.9 Å². The average molecular weight is 234 g/mol. The van der Waals surface area contributed by atoms with Gasteiger partial charge in [0.25, 0.3) is 0 Å². The summed E-state index contributed by atoms with van der Waals surface area (Å²) in [5, 5.41) is 12.5. The minimum atomic E-state index is -0.124. The molecule has 0 aliphatic heterocycles. The van der Waals surface area contributed by atoms with E-state index in [0.29, 0.717) is 17.2 Å². The fraction of sp³-hybridized carbons (Fsp3) is 0.462. The molecule has 4 N–H and O–H groups in total. The molecule has 1 aromatic carbocycles. The Bertz CT molecular complexity index is 425. The van der Waals surface area contributed by atoms with Crippen molar-refractivity contribution in [3.8, 4) is 0 Å². The summed E-state index contributed by atoms with van der Waals surface area (Å²) < 4.78 is 0. The van der Waals surface area contributed by atoms with E-state index in [1.54, 1.807) is 12.1 Å². The lowest BCUT2D eigenvalue weighted by molar-refractivity contribution is 0.0487. The fourth-order valence-electron chi connectivity index (χ4n) is 2.10. The lowest BCUT2D eigenvalue weighted by Gasteiger charge is -2.31. The van der Waals surface area contributed by atoms with Gasteiger partial charge in [0.1, 0.15) is 0 Å². The van der Waals surface area contributed by atoms with E-state index in [4.69, 9.17) is 5.73 Å². The van der Waals surface area contributed by atoms with Crippen LogP contribution in [0.4, 0.5) is 11.4 Å². The molecule has 92 valence electrons. The second-order valence-corrected chi connectivity index (χ2v) is 4.73. The number of anilines is 2. The number of benzene rings is 1.